The standard InChI is InChI=1S/C15H18F3NO3S/c1-23(21,22)11-8-6-10(7-9-11)14(20)19-13-5-3-2-4-12(13)15(16,17)18/h6-9,12-13H,2-5H2,1H3,(H,19,20)/t12-,13-/m0/s1. The Hall–Kier alpha value is -1.57. The van der Waals surface area contributed by atoms with Crippen LogP contribution in [-0.4, -0.2) is 32.8 Å². The summed E-state index contributed by atoms with van der Waals surface area (Å²) in [5, 5.41) is 2.44. The SMILES string of the molecule is CS(=O)(=O)c1ccc(C(=O)N[C@H]2CCCC[C@@H]2C(F)(F)F)cc1. The summed E-state index contributed by atoms with van der Waals surface area (Å²) in [6.07, 6.45) is -1.85. The number of hydrogen-bond acceptors (Lipinski definition) is 3. The number of hydrogen-bond donors (Lipinski definition) is 1. The van der Waals surface area contributed by atoms with Crippen molar-refractivity contribution in [2.45, 2.75) is 42.8 Å². The Morgan fingerprint density at radius 3 is 2.22 bits per heavy atom. The van der Waals surface area contributed by atoms with Gasteiger partial charge in [-0.25, -0.2) is 8.42 Å². The van der Waals surface area contributed by atoms with E-state index >= 15 is 0 Å². The molecule has 0 radical (unpaired) electrons. The molecule has 0 aliphatic heterocycles. The second-order valence-electron chi connectivity index (χ2n) is 5.81. The first-order chi connectivity index (χ1) is 10.6. The van der Waals surface area contributed by atoms with Crippen molar-refractivity contribution in [2.24, 2.45) is 5.92 Å². The highest BCUT2D eigenvalue weighted by Crippen LogP contribution is 2.37. The molecule has 0 unspecified atom stereocenters. The highest BCUT2D eigenvalue weighted by Gasteiger charge is 2.45. The third kappa shape index (κ3) is 4.46. The van der Waals surface area contributed by atoms with E-state index in [2.05, 4.69) is 5.32 Å². The molecule has 1 saturated carbocycles. The molecule has 1 aliphatic carbocycles. The van der Waals surface area contributed by atoms with Gasteiger partial charge in [0.25, 0.3) is 5.91 Å². The smallest absolute Gasteiger partial charge is 0.349 e. The fourth-order valence-corrected chi connectivity index (χ4v) is 3.43. The Morgan fingerprint density at radius 1 is 1.13 bits per heavy atom. The van der Waals surface area contributed by atoms with Gasteiger partial charge in [0, 0.05) is 17.9 Å². The van der Waals surface area contributed by atoms with E-state index in [1.807, 2.05) is 0 Å². The number of nitrogens with one attached hydrogen (secondary N) is 1. The van der Waals surface area contributed by atoms with Crippen molar-refractivity contribution in [3.8, 4) is 0 Å². The molecule has 0 saturated heterocycles. The van der Waals surface area contributed by atoms with Gasteiger partial charge < -0.3 is 5.32 Å². The van der Waals surface area contributed by atoms with Gasteiger partial charge in [-0.3, -0.25) is 4.79 Å². The van der Waals surface area contributed by atoms with Crippen molar-refractivity contribution >= 4 is 15.7 Å². The lowest BCUT2D eigenvalue weighted by Gasteiger charge is -2.33. The van der Waals surface area contributed by atoms with Gasteiger partial charge in [0.2, 0.25) is 0 Å². The molecule has 2 rings (SSSR count). The van der Waals surface area contributed by atoms with Crippen molar-refractivity contribution < 1.29 is 26.4 Å². The summed E-state index contributed by atoms with van der Waals surface area (Å²) in [6, 6.07) is 4.21. The van der Waals surface area contributed by atoms with Crippen LogP contribution in [0.3, 0.4) is 0 Å². The zero-order valence-electron chi connectivity index (χ0n) is 12.6. The van der Waals surface area contributed by atoms with Crippen LogP contribution in [0.4, 0.5) is 13.2 Å². The van der Waals surface area contributed by atoms with Gasteiger partial charge in [0.05, 0.1) is 10.8 Å². The number of amides is 1. The summed E-state index contributed by atoms with van der Waals surface area (Å²) in [6.45, 7) is 0. The summed E-state index contributed by atoms with van der Waals surface area (Å²) in [7, 11) is -3.38. The van der Waals surface area contributed by atoms with Gasteiger partial charge in [0.1, 0.15) is 0 Å². The zero-order chi connectivity index (χ0) is 17.3. The molecule has 4 nitrogen and oxygen atoms in total. The number of carbonyl (C=O) groups excluding carboxylic acids is 1. The third-order valence-corrected chi connectivity index (χ3v) is 5.18. The lowest BCUT2D eigenvalue weighted by molar-refractivity contribution is -0.187. The quantitative estimate of drug-likeness (QED) is 0.913. The molecule has 1 fully saturated rings. The molecule has 2 atom stereocenters. The molecule has 1 aromatic rings. The predicted octanol–water partition coefficient (Wildman–Crippen LogP) is 2.94. The topological polar surface area (TPSA) is 63.2 Å². The van der Waals surface area contributed by atoms with Crippen molar-refractivity contribution in [2.75, 3.05) is 6.26 Å². The van der Waals surface area contributed by atoms with E-state index in [4.69, 9.17) is 0 Å². The molecule has 1 aromatic carbocycles. The fraction of sp³-hybridized carbons (Fsp3) is 0.533. The molecule has 0 aromatic heterocycles. The molecular formula is C15H18F3NO3S. The first-order valence-electron chi connectivity index (χ1n) is 7.27. The summed E-state index contributed by atoms with van der Waals surface area (Å²) < 4.78 is 61.7. The van der Waals surface area contributed by atoms with E-state index < -0.39 is 33.9 Å². The minimum absolute atomic E-state index is 0.0153. The number of sulfone groups is 1. The summed E-state index contributed by atoms with van der Waals surface area (Å²) in [4.78, 5) is 12.2. The predicted molar refractivity (Wildman–Crippen MR) is 78.8 cm³/mol. The molecule has 23 heavy (non-hydrogen) atoms. The maximum absolute atomic E-state index is 13.0. The molecular weight excluding hydrogens is 331 g/mol. The van der Waals surface area contributed by atoms with Crippen molar-refractivity contribution in [3.63, 3.8) is 0 Å². The number of alkyl halides is 3. The first kappa shape index (κ1) is 17.8. The largest absolute Gasteiger partial charge is 0.393 e. The normalized spacial score (nSPS) is 22.6. The van der Waals surface area contributed by atoms with Crippen LogP contribution in [0.5, 0.6) is 0 Å². The molecule has 128 valence electrons. The number of halogens is 3. The van der Waals surface area contributed by atoms with Crippen LogP contribution in [0, 0.1) is 5.92 Å². The minimum atomic E-state index is -4.33. The molecule has 1 amide bonds. The van der Waals surface area contributed by atoms with Gasteiger partial charge in [-0.2, -0.15) is 13.2 Å². The molecule has 1 N–H and O–H groups in total. The molecule has 0 heterocycles. The maximum atomic E-state index is 13.0. The Labute approximate surface area is 133 Å². The number of benzene rings is 1. The number of rotatable bonds is 3. The zero-order valence-corrected chi connectivity index (χ0v) is 13.4. The van der Waals surface area contributed by atoms with Gasteiger partial charge >= 0.3 is 6.18 Å². The van der Waals surface area contributed by atoms with Crippen LogP contribution in [0.25, 0.3) is 0 Å². The van der Waals surface area contributed by atoms with E-state index in [-0.39, 0.29) is 23.3 Å². The Bertz CT molecular complexity index is 668. The highest BCUT2D eigenvalue weighted by atomic mass is 32.2. The third-order valence-electron chi connectivity index (χ3n) is 4.05. The van der Waals surface area contributed by atoms with Crippen LogP contribution in [0.15, 0.2) is 29.2 Å². The number of carbonyl (C=O) groups is 1. The van der Waals surface area contributed by atoms with Crippen molar-refractivity contribution in [1.82, 2.24) is 5.32 Å². The second kappa shape index (κ2) is 6.51. The molecule has 0 spiro atoms. The van der Waals surface area contributed by atoms with Crippen molar-refractivity contribution in [3.05, 3.63) is 29.8 Å². The highest BCUT2D eigenvalue weighted by molar-refractivity contribution is 7.90. The van der Waals surface area contributed by atoms with Gasteiger partial charge in [0.15, 0.2) is 9.84 Å². The Balaban J connectivity index is 2.11. The first-order valence-corrected chi connectivity index (χ1v) is 9.16. The van der Waals surface area contributed by atoms with Crippen LogP contribution < -0.4 is 5.32 Å². The summed E-state index contributed by atoms with van der Waals surface area (Å²) in [5.74, 6) is -2.15. The summed E-state index contributed by atoms with van der Waals surface area (Å²) in [5.41, 5.74) is 0.142. The van der Waals surface area contributed by atoms with E-state index in [0.29, 0.717) is 12.8 Å². The fourth-order valence-electron chi connectivity index (χ4n) is 2.80. The Kier molecular flexibility index (Phi) is 5.03. The van der Waals surface area contributed by atoms with E-state index in [0.717, 1.165) is 6.26 Å². The van der Waals surface area contributed by atoms with Crippen molar-refractivity contribution in [1.29, 1.82) is 0 Å². The molecule has 8 heteroatoms. The van der Waals surface area contributed by atoms with E-state index in [1.165, 1.54) is 24.3 Å². The lowest BCUT2D eigenvalue weighted by Crippen LogP contribution is -2.47. The van der Waals surface area contributed by atoms with Crippen LogP contribution in [0.1, 0.15) is 36.0 Å². The molecule has 0 bridgehead atoms. The van der Waals surface area contributed by atoms with Gasteiger partial charge in [-0.15, -0.1) is 0 Å². The Morgan fingerprint density at radius 2 is 1.70 bits per heavy atom. The average molecular weight is 349 g/mol. The second-order valence-corrected chi connectivity index (χ2v) is 7.82. The van der Waals surface area contributed by atoms with Crippen LogP contribution in [0.2, 0.25) is 0 Å². The van der Waals surface area contributed by atoms with Crippen LogP contribution in [-0.2, 0) is 9.84 Å². The minimum Gasteiger partial charge on any atom is -0.349 e. The summed E-state index contributed by atoms with van der Waals surface area (Å²) >= 11 is 0. The lowest BCUT2D eigenvalue weighted by atomic mass is 9.84. The van der Waals surface area contributed by atoms with Gasteiger partial charge in [-0.05, 0) is 37.1 Å². The van der Waals surface area contributed by atoms with Gasteiger partial charge in [-0.1, -0.05) is 12.8 Å². The molecule has 1 aliphatic rings. The maximum Gasteiger partial charge on any atom is 0.393 e. The van der Waals surface area contributed by atoms with Crippen LogP contribution >= 0.6 is 0 Å². The van der Waals surface area contributed by atoms with E-state index in [9.17, 15) is 26.4 Å². The average Bonchev–Trinajstić information content (AvgIpc) is 2.46. The van der Waals surface area contributed by atoms with E-state index in [1.54, 1.807) is 0 Å². The monoisotopic (exact) mass is 349 g/mol.